The Hall–Kier alpha value is -2.94. The Bertz CT molecular complexity index is 955. The van der Waals surface area contributed by atoms with Gasteiger partial charge in [0.25, 0.3) is 15.7 Å². The minimum Gasteiger partial charge on any atom is -0.496 e. The molecular weight excluding hydrogens is 358 g/mol. The maximum absolute atomic E-state index is 12.3. The van der Waals surface area contributed by atoms with Crippen LogP contribution in [0.4, 0.5) is 5.69 Å². The summed E-state index contributed by atoms with van der Waals surface area (Å²) in [5.74, 6) is 0.680. The summed E-state index contributed by atoms with van der Waals surface area (Å²) in [7, 11) is -2.46. The van der Waals surface area contributed by atoms with Crippen molar-refractivity contribution >= 4 is 21.4 Å². The van der Waals surface area contributed by atoms with Crippen LogP contribution in [0.5, 0.6) is 5.75 Å². The molecule has 2 aromatic carbocycles. The summed E-state index contributed by atoms with van der Waals surface area (Å²) in [6, 6.07) is 11.0. The Labute approximate surface area is 151 Å². The second kappa shape index (κ2) is 7.96. The fourth-order valence-electron chi connectivity index (χ4n) is 2.31. The van der Waals surface area contributed by atoms with Gasteiger partial charge in [-0.1, -0.05) is 24.3 Å². The van der Waals surface area contributed by atoms with E-state index >= 15 is 0 Å². The second-order valence-electron chi connectivity index (χ2n) is 5.64. The number of aryl methyl sites for hydroxylation is 1. The van der Waals surface area contributed by atoms with Crippen LogP contribution in [0.3, 0.4) is 0 Å². The van der Waals surface area contributed by atoms with E-state index < -0.39 is 14.9 Å². The number of hydrogen-bond donors (Lipinski definition) is 1. The predicted molar refractivity (Wildman–Crippen MR) is 98.0 cm³/mol. The van der Waals surface area contributed by atoms with Crippen molar-refractivity contribution < 1.29 is 18.1 Å². The number of rotatable bonds is 7. The van der Waals surface area contributed by atoms with Gasteiger partial charge in [0.05, 0.1) is 16.9 Å². The molecule has 138 valence electrons. The van der Waals surface area contributed by atoms with Gasteiger partial charge >= 0.3 is 0 Å². The number of nitro benzene ring substituents is 1. The molecule has 0 aliphatic rings. The van der Waals surface area contributed by atoms with Crippen LogP contribution < -0.4 is 9.57 Å². The van der Waals surface area contributed by atoms with Crippen molar-refractivity contribution in [3.8, 4) is 5.75 Å². The maximum atomic E-state index is 12.3. The smallest absolute Gasteiger partial charge is 0.276 e. The molecule has 0 saturated carbocycles. The minimum atomic E-state index is -4.01. The topological polar surface area (TPSA) is 111 Å². The minimum absolute atomic E-state index is 0.219. The number of nitro groups is 1. The Morgan fingerprint density at radius 2 is 1.96 bits per heavy atom. The average Bonchev–Trinajstić information content (AvgIpc) is 2.60. The first kappa shape index (κ1) is 19.4. The third-order valence-electron chi connectivity index (χ3n) is 3.68. The van der Waals surface area contributed by atoms with Gasteiger partial charge in [0.2, 0.25) is 0 Å². The first-order valence-electron chi connectivity index (χ1n) is 7.66. The molecule has 26 heavy (non-hydrogen) atoms. The van der Waals surface area contributed by atoms with Crippen LogP contribution >= 0.6 is 0 Å². The van der Waals surface area contributed by atoms with E-state index in [1.54, 1.807) is 20.1 Å². The highest BCUT2D eigenvalue weighted by atomic mass is 32.2. The van der Waals surface area contributed by atoms with Crippen LogP contribution in [-0.4, -0.2) is 26.2 Å². The number of methoxy groups -OCH3 is 1. The van der Waals surface area contributed by atoms with Gasteiger partial charge in [-0.05, 0) is 31.5 Å². The normalized spacial score (nSPS) is 11.9. The van der Waals surface area contributed by atoms with Gasteiger partial charge in [-0.3, -0.25) is 10.1 Å². The van der Waals surface area contributed by atoms with Gasteiger partial charge in [0, 0.05) is 23.8 Å². The summed E-state index contributed by atoms with van der Waals surface area (Å²) in [5.41, 5.74) is 1.49. The number of sulfonamides is 1. The van der Waals surface area contributed by atoms with Crippen molar-refractivity contribution in [3.05, 3.63) is 63.7 Å². The van der Waals surface area contributed by atoms with E-state index in [1.807, 2.05) is 18.2 Å². The lowest BCUT2D eigenvalue weighted by molar-refractivity contribution is -0.385. The molecule has 9 heteroatoms. The number of hydrazone groups is 1. The largest absolute Gasteiger partial charge is 0.496 e. The van der Waals surface area contributed by atoms with Crippen LogP contribution in [0.1, 0.15) is 18.1 Å². The van der Waals surface area contributed by atoms with E-state index in [2.05, 4.69) is 9.93 Å². The van der Waals surface area contributed by atoms with Gasteiger partial charge in [0.15, 0.2) is 0 Å². The second-order valence-corrected chi connectivity index (χ2v) is 7.30. The molecule has 0 atom stereocenters. The van der Waals surface area contributed by atoms with Crippen LogP contribution in [0.2, 0.25) is 0 Å². The Kier molecular flexibility index (Phi) is 5.93. The average molecular weight is 377 g/mol. The zero-order chi connectivity index (χ0) is 19.3. The van der Waals surface area contributed by atoms with Crippen LogP contribution in [0.15, 0.2) is 52.5 Å². The predicted octanol–water partition coefficient (Wildman–Crippen LogP) is 2.81. The third-order valence-corrected chi connectivity index (χ3v) is 4.89. The fraction of sp³-hybridized carbons (Fsp3) is 0.235. The lowest BCUT2D eigenvalue weighted by atomic mass is 10.1. The molecule has 0 unspecified atom stereocenters. The number of ether oxygens (including phenoxy) is 1. The van der Waals surface area contributed by atoms with Crippen molar-refractivity contribution in [3.63, 3.8) is 0 Å². The van der Waals surface area contributed by atoms with Crippen LogP contribution in [0.25, 0.3) is 0 Å². The maximum Gasteiger partial charge on any atom is 0.276 e. The molecule has 0 spiro atoms. The monoisotopic (exact) mass is 377 g/mol. The number of nitrogens with zero attached hydrogens (tertiary/aromatic N) is 2. The van der Waals surface area contributed by atoms with Crippen molar-refractivity contribution in [2.45, 2.75) is 25.2 Å². The van der Waals surface area contributed by atoms with Gasteiger partial charge in [-0.2, -0.15) is 13.5 Å². The van der Waals surface area contributed by atoms with E-state index in [1.165, 1.54) is 19.1 Å². The van der Waals surface area contributed by atoms with Gasteiger partial charge in [0.1, 0.15) is 5.75 Å². The van der Waals surface area contributed by atoms with E-state index in [4.69, 9.17) is 4.74 Å². The van der Waals surface area contributed by atoms with Gasteiger partial charge in [-0.25, -0.2) is 4.83 Å². The molecule has 0 amide bonds. The number of benzene rings is 2. The summed E-state index contributed by atoms with van der Waals surface area (Å²) < 4.78 is 29.9. The van der Waals surface area contributed by atoms with Crippen LogP contribution in [-0.2, 0) is 16.4 Å². The molecule has 0 bridgehead atoms. The lowest BCUT2D eigenvalue weighted by Gasteiger charge is -2.09. The quantitative estimate of drug-likeness (QED) is 0.453. The summed E-state index contributed by atoms with van der Waals surface area (Å²) in [4.78, 5) is 12.3. The van der Waals surface area contributed by atoms with Gasteiger partial charge in [-0.15, -0.1) is 0 Å². The molecule has 8 nitrogen and oxygen atoms in total. The van der Waals surface area contributed by atoms with E-state index in [0.29, 0.717) is 23.4 Å². The molecular formula is C17H19N3O5S. The Morgan fingerprint density at radius 3 is 2.62 bits per heavy atom. The Morgan fingerprint density at radius 1 is 1.27 bits per heavy atom. The highest BCUT2D eigenvalue weighted by Gasteiger charge is 2.19. The molecule has 1 N–H and O–H groups in total. The fourth-order valence-corrected chi connectivity index (χ4v) is 3.20. The molecule has 0 aliphatic carbocycles. The Balaban J connectivity index is 2.20. The standard InChI is InChI=1S/C17H19N3O5S/c1-12-8-9-15(11-16(12)20(21)22)26(23,24)19-18-13(2)10-14-6-4-5-7-17(14)25-3/h4-9,11,19H,10H2,1-3H3/b18-13-. The van der Waals surface area contributed by atoms with E-state index in [9.17, 15) is 18.5 Å². The summed E-state index contributed by atoms with van der Waals surface area (Å²) >= 11 is 0. The van der Waals surface area contributed by atoms with Crippen molar-refractivity contribution in [2.24, 2.45) is 5.10 Å². The first-order chi connectivity index (χ1) is 12.2. The summed E-state index contributed by atoms with van der Waals surface area (Å²) in [6.07, 6.45) is 0.389. The molecule has 2 aromatic rings. The van der Waals surface area contributed by atoms with Crippen molar-refractivity contribution in [2.75, 3.05) is 7.11 Å². The first-order valence-corrected chi connectivity index (χ1v) is 9.15. The number of para-hydroxylation sites is 1. The SMILES string of the molecule is COc1ccccc1C/C(C)=N\NS(=O)(=O)c1ccc(C)c([N+](=O)[O-])c1. The number of nitrogens with one attached hydrogen (secondary N) is 1. The van der Waals surface area contributed by atoms with Gasteiger partial charge < -0.3 is 4.74 Å². The zero-order valence-electron chi connectivity index (χ0n) is 14.6. The van der Waals surface area contributed by atoms with Crippen molar-refractivity contribution in [1.29, 1.82) is 0 Å². The van der Waals surface area contributed by atoms with Crippen LogP contribution in [0, 0.1) is 17.0 Å². The zero-order valence-corrected chi connectivity index (χ0v) is 15.4. The molecule has 0 radical (unpaired) electrons. The number of hydrogen-bond acceptors (Lipinski definition) is 6. The highest BCUT2D eigenvalue weighted by Crippen LogP contribution is 2.22. The van der Waals surface area contributed by atoms with E-state index in [-0.39, 0.29) is 10.6 Å². The molecule has 0 fully saturated rings. The molecule has 0 aliphatic heterocycles. The molecule has 0 saturated heterocycles. The van der Waals surface area contributed by atoms with E-state index in [0.717, 1.165) is 11.6 Å². The third kappa shape index (κ3) is 4.57. The highest BCUT2D eigenvalue weighted by molar-refractivity contribution is 7.89. The van der Waals surface area contributed by atoms with Crippen molar-refractivity contribution in [1.82, 2.24) is 4.83 Å². The molecule has 0 heterocycles. The molecule has 2 rings (SSSR count). The lowest BCUT2D eigenvalue weighted by Crippen LogP contribution is -2.20. The summed E-state index contributed by atoms with van der Waals surface area (Å²) in [6.45, 7) is 3.21. The molecule has 0 aromatic heterocycles. The summed E-state index contributed by atoms with van der Waals surface area (Å²) in [5, 5.41) is 14.9.